The summed E-state index contributed by atoms with van der Waals surface area (Å²) in [6, 6.07) is 73.5. The van der Waals surface area contributed by atoms with Crippen molar-refractivity contribution < 1.29 is 0 Å². The number of fused-ring (bicyclic) bond motifs is 3. The molecule has 0 amide bonds. The van der Waals surface area contributed by atoms with E-state index in [-0.39, 0.29) is 0 Å². The van der Waals surface area contributed by atoms with Gasteiger partial charge in [-0.2, -0.15) is 0 Å². The van der Waals surface area contributed by atoms with Crippen LogP contribution in [0.5, 0.6) is 0 Å². The molecule has 11 rings (SSSR count). The lowest BCUT2D eigenvalue weighted by molar-refractivity contribution is 1.08. The maximum atomic E-state index is 5.19. The van der Waals surface area contributed by atoms with Gasteiger partial charge < -0.3 is 0 Å². The quantitative estimate of drug-likeness (QED) is 0.162. The lowest BCUT2D eigenvalue weighted by Gasteiger charge is -2.13. The first-order valence-electron chi connectivity index (χ1n) is 20.1. The molecule has 0 aliphatic carbocycles. The summed E-state index contributed by atoms with van der Waals surface area (Å²) in [5.41, 5.74) is 9.68. The van der Waals surface area contributed by atoms with Crippen molar-refractivity contribution in [2.75, 3.05) is 0 Å². The van der Waals surface area contributed by atoms with Crippen LogP contribution in [0.3, 0.4) is 0 Å². The third kappa shape index (κ3) is 6.54. The first-order valence-corrected chi connectivity index (χ1v) is 20.1. The Bertz CT molecular complexity index is 3280. The van der Waals surface area contributed by atoms with E-state index in [9.17, 15) is 0 Å². The molecular weight excluding hydrogens is 731 g/mol. The molecule has 0 bridgehead atoms. The highest BCUT2D eigenvalue weighted by Crippen LogP contribution is 2.36. The highest BCUT2D eigenvalue weighted by Gasteiger charge is 2.17. The fourth-order valence-corrected chi connectivity index (χ4v) is 8.18. The zero-order valence-corrected chi connectivity index (χ0v) is 32.4. The molecule has 280 valence electrons. The fourth-order valence-electron chi connectivity index (χ4n) is 8.18. The minimum atomic E-state index is 0.608. The van der Waals surface area contributed by atoms with Crippen LogP contribution in [0.2, 0.25) is 0 Å². The van der Waals surface area contributed by atoms with Gasteiger partial charge in [-0.15, -0.1) is 0 Å². The average molecular weight is 766 g/mol. The summed E-state index contributed by atoms with van der Waals surface area (Å²) < 4.78 is 0. The average Bonchev–Trinajstić information content (AvgIpc) is 3.33. The van der Waals surface area contributed by atoms with Crippen molar-refractivity contribution >= 4 is 32.3 Å². The summed E-state index contributed by atoms with van der Waals surface area (Å²) in [6.45, 7) is 0. The Morgan fingerprint density at radius 2 is 0.600 bits per heavy atom. The molecule has 0 saturated heterocycles. The Morgan fingerprint density at radius 3 is 1.20 bits per heavy atom. The molecule has 0 atom stereocenters. The first-order chi connectivity index (χ1) is 29.7. The Labute approximate surface area is 347 Å². The SMILES string of the molecule is c1ccc(-c2nc(-c3cccc(-c4cccc(-c5nc(-c6cccc7ccccc67)nc(-c6cccc7ccccc67)n5)c4)c3)cc(-c3cccc4ccccc34)n2)cc1. The standard InChI is InChI=1S/C55H35N5/c1-2-18-39(19-3-1)52-56-50(35-51(57-52)47-30-12-20-36-15-4-7-27-44(36)47)42-25-10-23-40(33-42)41-24-11-26-43(34-41)53-58-54(48-31-13-21-37-16-5-8-28-45(37)48)60-55(59-53)49-32-14-22-38-17-6-9-29-46(38)49/h1-35H. The molecule has 0 fully saturated rings. The van der Waals surface area contributed by atoms with Crippen LogP contribution in [0.1, 0.15) is 0 Å². The molecule has 0 radical (unpaired) electrons. The second kappa shape index (κ2) is 15.0. The first kappa shape index (κ1) is 35.0. The number of rotatable bonds is 7. The minimum absolute atomic E-state index is 0.608. The zero-order chi connectivity index (χ0) is 39.8. The van der Waals surface area contributed by atoms with Gasteiger partial charge in [-0.3, -0.25) is 0 Å². The van der Waals surface area contributed by atoms with Crippen LogP contribution in [-0.2, 0) is 0 Å². The summed E-state index contributed by atoms with van der Waals surface area (Å²) in [5.74, 6) is 2.55. The van der Waals surface area contributed by atoms with Gasteiger partial charge in [0.15, 0.2) is 23.3 Å². The second-order valence-electron chi connectivity index (χ2n) is 14.9. The van der Waals surface area contributed by atoms with Crippen LogP contribution >= 0.6 is 0 Å². The van der Waals surface area contributed by atoms with Crippen molar-refractivity contribution in [3.63, 3.8) is 0 Å². The van der Waals surface area contributed by atoms with E-state index >= 15 is 0 Å². The maximum Gasteiger partial charge on any atom is 0.164 e. The van der Waals surface area contributed by atoms with E-state index in [1.807, 2.05) is 18.2 Å². The minimum Gasteiger partial charge on any atom is -0.228 e. The molecule has 2 heterocycles. The van der Waals surface area contributed by atoms with Gasteiger partial charge in [0.05, 0.1) is 11.4 Å². The van der Waals surface area contributed by atoms with Gasteiger partial charge >= 0.3 is 0 Å². The molecule has 11 aromatic rings. The molecule has 9 aromatic carbocycles. The van der Waals surface area contributed by atoms with E-state index in [2.05, 4.69) is 194 Å². The summed E-state index contributed by atoms with van der Waals surface area (Å²) >= 11 is 0. The summed E-state index contributed by atoms with van der Waals surface area (Å²) in [4.78, 5) is 25.8. The van der Waals surface area contributed by atoms with Gasteiger partial charge in [-0.05, 0) is 61.6 Å². The van der Waals surface area contributed by atoms with Crippen molar-refractivity contribution in [3.05, 3.63) is 212 Å². The molecule has 0 N–H and O–H groups in total. The highest BCUT2D eigenvalue weighted by molar-refractivity contribution is 5.98. The zero-order valence-electron chi connectivity index (χ0n) is 32.4. The van der Waals surface area contributed by atoms with Crippen LogP contribution in [0, 0.1) is 0 Å². The van der Waals surface area contributed by atoms with Gasteiger partial charge in [0.2, 0.25) is 0 Å². The van der Waals surface area contributed by atoms with Crippen LogP contribution in [0.4, 0.5) is 0 Å². The van der Waals surface area contributed by atoms with Gasteiger partial charge in [0.1, 0.15) is 0 Å². The van der Waals surface area contributed by atoms with Gasteiger partial charge in [0, 0.05) is 33.4 Å². The van der Waals surface area contributed by atoms with Crippen molar-refractivity contribution in [1.82, 2.24) is 24.9 Å². The molecule has 0 unspecified atom stereocenters. The molecule has 0 spiro atoms. The number of aromatic nitrogens is 5. The van der Waals surface area contributed by atoms with E-state index in [0.29, 0.717) is 23.3 Å². The molecule has 2 aromatic heterocycles. The largest absolute Gasteiger partial charge is 0.228 e. The molecule has 0 aliphatic rings. The predicted molar refractivity (Wildman–Crippen MR) is 246 cm³/mol. The summed E-state index contributed by atoms with van der Waals surface area (Å²) in [6.07, 6.45) is 0. The van der Waals surface area contributed by atoms with Crippen molar-refractivity contribution in [2.24, 2.45) is 0 Å². The van der Waals surface area contributed by atoms with Gasteiger partial charge in [-0.25, -0.2) is 24.9 Å². The normalized spacial score (nSPS) is 11.3. The highest BCUT2D eigenvalue weighted by atomic mass is 15.0. The smallest absolute Gasteiger partial charge is 0.164 e. The van der Waals surface area contributed by atoms with Crippen molar-refractivity contribution in [3.8, 4) is 79.2 Å². The Kier molecular flexibility index (Phi) is 8.75. The summed E-state index contributed by atoms with van der Waals surface area (Å²) in [7, 11) is 0. The monoisotopic (exact) mass is 765 g/mol. The molecule has 5 heteroatoms. The number of nitrogens with zero attached hydrogens (tertiary/aromatic N) is 5. The Hall–Kier alpha value is -8.15. The van der Waals surface area contributed by atoms with Crippen LogP contribution in [-0.4, -0.2) is 24.9 Å². The van der Waals surface area contributed by atoms with E-state index in [0.717, 1.165) is 82.8 Å². The topological polar surface area (TPSA) is 64.5 Å². The Balaban J connectivity index is 1.04. The molecular formula is C55H35N5. The third-order valence-corrected chi connectivity index (χ3v) is 11.1. The predicted octanol–water partition coefficient (Wildman–Crippen LogP) is 13.8. The van der Waals surface area contributed by atoms with E-state index in [1.54, 1.807) is 0 Å². The number of hydrogen-bond acceptors (Lipinski definition) is 5. The third-order valence-electron chi connectivity index (χ3n) is 11.1. The summed E-state index contributed by atoms with van der Waals surface area (Å²) in [5, 5.41) is 6.78. The van der Waals surface area contributed by atoms with E-state index in [4.69, 9.17) is 24.9 Å². The van der Waals surface area contributed by atoms with Gasteiger partial charge in [-0.1, -0.05) is 194 Å². The lowest BCUT2D eigenvalue weighted by atomic mass is 9.98. The van der Waals surface area contributed by atoms with E-state index < -0.39 is 0 Å². The number of hydrogen-bond donors (Lipinski definition) is 0. The van der Waals surface area contributed by atoms with Crippen LogP contribution in [0.25, 0.3) is 112 Å². The van der Waals surface area contributed by atoms with Crippen LogP contribution in [0.15, 0.2) is 212 Å². The molecule has 0 saturated carbocycles. The molecule has 60 heavy (non-hydrogen) atoms. The van der Waals surface area contributed by atoms with Crippen molar-refractivity contribution in [2.45, 2.75) is 0 Å². The van der Waals surface area contributed by atoms with E-state index in [1.165, 1.54) is 5.39 Å². The van der Waals surface area contributed by atoms with Gasteiger partial charge in [0.25, 0.3) is 0 Å². The maximum absolute atomic E-state index is 5.19. The second-order valence-corrected chi connectivity index (χ2v) is 14.9. The fraction of sp³-hybridized carbons (Fsp3) is 0. The molecule has 0 aliphatic heterocycles. The number of benzene rings is 9. The van der Waals surface area contributed by atoms with Crippen LogP contribution < -0.4 is 0 Å². The lowest BCUT2D eigenvalue weighted by Crippen LogP contribution is -2.01. The Morgan fingerprint density at radius 1 is 0.217 bits per heavy atom. The van der Waals surface area contributed by atoms with Crippen molar-refractivity contribution in [1.29, 1.82) is 0 Å². The molecule has 5 nitrogen and oxygen atoms in total.